The summed E-state index contributed by atoms with van der Waals surface area (Å²) in [5.41, 5.74) is -0.763. The van der Waals surface area contributed by atoms with Gasteiger partial charge >= 0.3 is 11.7 Å². The van der Waals surface area contributed by atoms with Gasteiger partial charge in [0.2, 0.25) is 0 Å². The van der Waals surface area contributed by atoms with E-state index in [0.29, 0.717) is 29.3 Å². The van der Waals surface area contributed by atoms with Gasteiger partial charge in [0.25, 0.3) is 21.5 Å². The van der Waals surface area contributed by atoms with Crippen molar-refractivity contribution < 1.29 is 27.1 Å². The fourth-order valence-electron chi connectivity index (χ4n) is 5.78. The van der Waals surface area contributed by atoms with Gasteiger partial charge in [0.1, 0.15) is 12.1 Å². The van der Waals surface area contributed by atoms with Crippen LogP contribution in [-0.2, 0) is 33.0 Å². The van der Waals surface area contributed by atoms with E-state index in [9.17, 15) is 27.6 Å². The van der Waals surface area contributed by atoms with E-state index in [1.165, 1.54) is 54.6 Å². The molecule has 1 aliphatic rings. The van der Waals surface area contributed by atoms with E-state index in [0.717, 1.165) is 36.1 Å². The average molecular weight is 702 g/mol. The second-order valence-electron chi connectivity index (χ2n) is 11.8. The lowest BCUT2D eigenvalue weighted by atomic mass is 9.97. The lowest BCUT2D eigenvalue weighted by molar-refractivity contribution is -0.152. The lowest BCUT2D eigenvalue weighted by Gasteiger charge is -2.25. The van der Waals surface area contributed by atoms with Gasteiger partial charge in [-0.05, 0) is 61.6 Å². The monoisotopic (exact) mass is 701 g/mol. The highest BCUT2D eigenvalue weighted by Gasteiger charge is 2.29. The number of hydrogen-bond acceptors (Lipinski definition) is 10. The number of halogens is 1. The number of sulfonamides is 1. The Morgan fingerprint density at radius 2 is 1.68 bits per heavy atom. The van der Waals surface area contributed by atoms with Crippen LogP contribution in [0.15, 0.2) is 94.0 Å². The molecule has 0 saturated heterocycles. The zero-order valence-electron chi connectivity index (χ0n) is 26.8. The predicted octanol–water partition coefficient (Wildman–Crippen LogP) is 3.03. The summed E-state index contributed by atoms with van der Waals surface area (Å²) in [6.45, 7) is 0. The molecule has 2 N–H and O–H groups in total. The van der Waals surface area contributed by atoms with Crippen molar-refractivity contribution in [3.8, 4) is 5.69 Å². The molecule has 5 aromatic rings. The van der Waals surface area contributed by atoms with Gasteiger partial charge in [-0.2, -0.15) is 0 Å². The quantitative estimate of drug-likeness (QED) is 0.205. The van der Waals surface area contributed by atoms with E-state index >= 15 is 4.39 Å². The van der Waals surface area contributed by atoms with Crippen LogP contribution < -0.4 is 21.3 Å². The minimum atomic E-state index is -4.08. The van der Waals surface area contributed by atoms with Crippen molar-refractivity contribution in [2.75, 3.05) is 4.72 Å². The Balaban J connectivity index is 1.23. The summed E-state index contributed by atoms with van der Waals surface area (Å²) in [6, 6.07) is 9.90. The van der Waals surface area contributed by atoms with Crippen LogP contribution in [0.3, 0.4) is 0 Å². The van der Waals surface area contributed by atoms with Crippen molar-refractivity contribution in [2.45, 2.75) is 55.6 Å². The molecule has 0 radical (unpaired) electrons. The van der Waals surface area contributed by atoms with Gasteiger partial charge in [-0.25, -0.2) is 31.9 Å². The number of benzene rings is 1. The highest BCUT2D eigenvalue weighted by molar-refractivity contribution is 7.92. The number of pyridine rings is 3. The van der Waals surface area contributed by atoms with E-state index in [4.69, 9.17) is 4.74 Å². The molecule has 1 atom stereocenters. The van der Waals surface area contributed by atoms with Crippen LogP contribution in [0.25, 0.3) is 16.6 Å². The molecule has 50 heavy (non-hydrogen) atoms. The van der Waals surface area contributed by atoms with Crippen LogP contribution in [0.2, 0.25) is 0 Å². The first-order chi connectivity index (χ1) is 24.0. The molecular weight excluding hydrogens is 669 g/mol. The van der Waals surface area contributed by atoms with Gasteiger partial charge < -0.3 is 10.1 Å². The fraction of sp³-hybridized carbons (Fsp3) is 0.265. The molecule has 0 bridgehead atoms. The highest BCUT2D eigenvalue weighted by atomic mass is 32.2. The number of esters is 1. The molecule has 0 spiro atoms. The van der Waals surface area contributed by atoms with E-state index in [1.54, 1.807) is 24.3 Å². The zero-order chi connectivity index (χ0) is 35.4. The number of ether oxygens (including phenoxy) is 1. The Kier molecular flexibility index (Phi) is 9.81. The molecule has 4 heterocycles. The Labute approximate surface area is 285 Å². The summed E-state index contributed by atoms with van der Waals surface area (Å²) < 4.78 is 50.7. The number of hydrogen-bond donors (Lipinski definition) is 2. The number of aryl methyl sites for hydroxylation is 1. The maximum Gasteiger partial charge on any atom is 0.335 e. The topological polar surface area (TPSA) is 184 Å². The number of nitrogens with zero attached hydrogens (tertiary/aromatic N) is 5. The molecule has 1 aromatic carbocycles. The molecule has 1 amide bonds. The summed E-state index contributed by atoms with van der Waals surface area (Å²) in [6.07, 6.45) is 10.2. The van der Waals surface area contributed by atoms with Crippen molar-refractivity contribution in [3.05, 3.63) is 117 Å². The second kappa shape index (κ2) is 14.4. The number of amides is 1. The number of carbonyl (C=O) groups excluding carboxylic acids is 2. The maximum absolute atomic E-state index is 15.2. The Hall–Kier alpha value is -5.77. The van der Waals surface area contributed by atoms with Crippen LogP contribution in [0.4, 0.5) is 10.1 Å². The van der Waals surface area contributed by atoms with Crippen LogP contribution >= 0.6 is 0 Å². The first kappa shape index (κ1) is 34.1. The van der Waals surface area contributed by atoms with Crippen molar-refractivity contribution in [2.24, 2.45) is 7.05 Å². The third-order valence-electron chi connectivity index (χ3n) is 8.40. The van der Waals surface area contributed by atoms with Crippen LogP contribution in [0, 0.1) is 5.82 Å². The molecule has 0 unspecified atom stereocenters. The number of anilines is 1. The van der Waals surface area contributed by atoms with Gasteiger partial charge in [-0.15, -0.1) is 0 Å². The van der Waals surface area contributed by atoms with E-state index in [-0.39, 0.29) is 28.8 Å². The number of rotatable bonds is 10. The number of aromatic nitrogens is 5. The van der Waals surface area contributed by atoms with E-state index in [1.807, 2.05) is 0 Å². The fourth-order valence-corrected chi connectivity index (χ4v) is 6.80. The third kappa shape index (κ3) is 7.29. The number of fused-ring (bicyclic) bond motifs is 1. The molecule has 16 heteroatoms. The standard InChI is InChI=1S/C34H32FN7O7S/c1-41-29-20-37-16-13-26(29)32(44)42(34(41)46)23-9-7-21(8-10-23)17-28(33(45)49-24-5-3-2-4-6-24)39-31(43)30-27(35)18-22(19-38-30)40-50(47,48)25-11-14-36-15-12-25/h7-16,18-20,24,28,40H,2-6,17H2,1H3,(H,39,43)/t28-/m0/s1. The van der Waals surface area contributed by atoms with Gasteiger partial charge in [0.05, 0.1) is 39.6 Å². The lowest BCUT2D eigenvalue weighted by Crippen LogP contribution is -2.45. The number of nitrogens with one attached hydrogen (secondary N) is 2. The Bertz CT molecular complexity index is 2290. The molecular formula is C34H32FN7O7S. The molecule has 0 aliphatic heterocycles. The molecule has 258 valence electrons. The highest BCUT2D eigenvalue weighted by Crippen LogP contribution is 2.22. The largest absolute Gasteiger partial charge is 0.461 e. The summed E-state index contributed by atoms with van der Waals surface area (Å²) in [5, 5.41) is 2.83. The molecule has 1 fully saturated rings. The molecule has 1 saturated carbocycles. The smallest absolute Gasteiger partial charge is 0.335 e. The Morgan fingerprint density at radius 1 is 0.980 bits per heavy atom. The third-order valence-corrected chi connectivity index (χ3v) is 9.80. The van der Waals surface area contributed by atoms with Crippen molar-refractivity contribution >= 4 is 38.5 Å². The SMILES string of the molecule is Cn1c(=O)n(-c2ccc(C[C@H](NC(=O)c3ncc(NS(=O)(=O)c4ccncc4)cc3F)C(=O)OC3CCCCC3)cc2)c(=O)c2ccncc21. The Morgan fingerprint density at radius 3 is 2.38 bits per heavy atom. The van der Waals surface area contributed by atoms with Crippen molar-refractivity contribution in [1.82, 2.24) is 29.4 Å². The van der Waals surface area contributed by atoms with Crippen molar-refractivity contribution in [1.29, 1.82) is 0 Å². The predicted molar refractivity (Wildman–Crippen MR) is 180 cm³/mol. The minimum Gasteiger partial charge on any atom is -0.461 e. The minimum absolute atomic E-state index is 0.0701. The molecule has 6 rings (SSSR count). The van der Waals surface area contributed by atoms with Gasteiger partial charge in [0.15, 0.2) is 11.5 Å². The molecule has 4 aromatic heterocycles. The molecule has 14 nitrogen and oxygen atoms in total. The first-order valence-corrected chi connectivity index (χ1v) is 17.2. The average Bonchev–Trinajstić information content (AvgIpc) is 3.12. The van der Waals surface area contributed by atoms with Gasteiger partial charge in [-0.3, -0.25) is 28.8 Å². The van der Waals surface area contributed by atoms with Gasteiger partial charge in [0, 0.05) is 38.1 Å². The van der Waals surface area contributed by atoms with Crippen LogP contribution in [0.1, 0.15) is 48.2 Å². The normalized spacial score (nSPS) is 14.2. The summed E-state index contributed by atoms with van der Waals surface area (Å²) in [5.74, 6) is -2.86. The van der Waals surface area contributed by atoms with Crippen LogP contribution in [-0.4, -0.2) is 56.5 Å². The molecule has 1 aliphatic carbocycles. The van der Waals surface area contributed by atoms with Crippen LogP contribution in [0.5, 0.6) is 0 Å². The zero-order valence-corrected chi connectivity index (χ0v) is 27.6. The van der Waals surface area contributed by atoms with Gasteiger partial charge in [-0.1, -0.05) is 18.6 Å². The van der Waals surface area contributed by atoms with E-state index < -0.39 is 50.7 Å². The second-order valence-corrected chi connectivity index (χ2v) is 13.5. The summed E-state index contributed by atoms with van der Waals surface area (Å²) in [4.78, 5) is 64.5. The summed E-state index contributed by atoms with van der Waals surface area (Å²) in [7, 11) is -2.54. The van der Waals surface area contributed by atoms with Crippen molar-refractivity contribution in [3.63, 3.8) is 0 Å². The summed E-state index contributed by atoms with van der Waals surface area (Å²) >= 11 is 0. The number of carbonyl (C=O) groups is 2. The first-order valence-electron chi connectivity index (χ1n) is 15.8. The maximum atomic E-state index is 15.2. The van der Waals surface area contributed by atoms with E-state index in [2.05, 4.69) is 25.0 Å².